The highest BCUT2D eigenvalue weighted by Gasteiger charge is 2.27. The van der Waals surface area contributed by atoms with E-state index >= 15 is 0 Å². The van der Waals surface area contributed by atoms with Crippen molar-refractivity contribution in [2.45, 2.75) is 31.9 Å². The van der Waals surface area contributed by atoms with Crippen LogP contribution in [0.15, 0.2) is 24.3 Å². The molecule has 9 heteroatoms. The molecule has 2 N–H and O–H groups in total. The van der Waals surface area contributed by atoms with Gasteiger partial charge in [-0.25, -0.2) is 9.78 Å². The Balaban J connectivity index is 1.38. The number of fused-ring (bicyclic) bond motifs is 1. The van der Waals surface area contributed by atoms with Gasteiger partial charge in [0.2, 0.25) is 0 Å². The maximum atomic E-state index is 12.5. The number of ether oxygens (including phenoxy) is 1. The fourth-order valence-corrected chi connectivity index (χ4v) is 4.38. The number of hydrogen-bond acceptors (Lipinski definition) is 5. The highest BCUT2D eigenvalue weighted by molar-refractivity contribution is 7.15. The zero-order valence-corrected chi connectivity index (χ0v) is 16.1. The molecule has 1 saturated heterocycles. The van der Waals surface area contributed by atoms with Crippen molar-refractivity contribution in [3.05, 3.63) is 39.9 Å². The van der Waals surface area contributed by atoms with Crippen LogP contribution in [0.3, 0.4) is 0 Å². The van der Waals surface area contributed by atoms with E-state index in [-0.39, 0.29) is 18.0 Å². The maximum absolute atomic E-state index is 12.5. The Morgan fingerprint density at radius 1 is 1.33 bits per heavy atom. The van der Waals surface area contributed by atoms with Crippen molar-refractivity contribution in [1.29, 1.82) is 0 Å². The van der Waals surface area contributed by atoms with Crippen LogP contribution in [0, 0.1) is 0 Å². The van der Waals surface area contributed by atoms with Crippen LogP contribution < -0.4 is 10.6 Å². The average molecular weight is 407 g/mol. The average Bonchev–Trinajstić information content (AvgIpc) is 3.30. The van der Waals surface area contributed by atoms with Gasteiger partial charge in [0.05, 0.1) is 12.2 Å². The number of amides is 3. The van der Waals surface area contributed by atoms with Gasteiger partial charge in [-0.05, 0) is 31.0 Å². The predicted octanol–water partition coefficient (Wildman–Crippen LogP) is 3.50. The van der Waals surface area contributed by atoms with Crippen molar-refractivity contribution in [1.82, 2.24) is 9.88 Å². The molecule has 3 heterocycles. The SMILES string of the molecule is O=C(Nc1nc2c(s1)CN(C(=O)Nc1cccc(Cl)c1)CC2)C1CCCO1. The molecular weight excluding hydrogens is 388 g/mol. The third-order valence-electron chi connectivity index (χ3n) is 4.55. The summed E-state index contributed by atoms with van der Waals surface area (Å²) in [5, 5.41) is 6.84. The van der Waals surface area contributed by atoms with Crippen molar-refractivity contribution in [3.8, 4) is 0 Å². The fourth-order valence-electron chi connectivity index (χ4n) is 3.16. The Morgan fingerprint density at radius 2 is 2.22 bits per heavy atom. The molecule has 142 valence electrons. The van der Waals surface area contributed by atoms with Gasteiger partial charge in [0.25, 0.3) is 5.91 Å². The van der Waals surface area contributed by atoms with Crippen molar-refractivity contribution < 1.29 is 14.3 Å². The summed E-state index contributed by atoms with van der Waals surface area (Å²) in [7, 11) is 0. The summed E-state index contributed by atoms with van der Waals surface area (Å²) in [6.07, 6.45) is 1.92. The number of anilines is 2. The lowest BCUT2D eigenvalue weighted by Crippen LogP contribution is -2.38. The van der Waals surface area contributed by atoms with Gasteiger partial charge in [0.15, 0.2) is 5.13 Å². The van der Waals surface area contributed by atoms with Crippen LogP contribution in [0.5, 0.6) is 0 Å². The maximum Gasteiger partial charge on any atom is 0.322 e. The van der Waals surface area contributed by atoms with Crippen molar-refractivity contribution >= 4 is 45.7 Å². The number of carbonyl (C=O) groups excluding carboxylic acids is 2. The van der Waals surface area contributed by atoms with Crippen LogP contribution in [0.2, 0.25) is 5.02 Å². The summed E-state index contributed by atoms with van der Waals surface area (Å²) < 4.78 is 5.40. The third-order valence-corrected chi connectivity index (χ3v) is 5.78. The predicted molar refractivity (Wildman–Crippen MR) is 104 cm³/mol. The van der Waals surface area contributed by atoms with E-state index < -0.39 is 0 Å². The smallest absolute Gasteiger partial charge is 0.322 e. The Labute approximate surface area is 165 Å². The summed E-state index contributed by atoms with van der Waals surface area (Å²) in [4.78, 5) is 31.9. The summed E-state index contributed by atoms with van der Waals surface area (Å²) in [5.41, 5.74) is 1.60. The number of rotatable bonds is 3. The molecule has 1 aromatic carbocycles. The molecule has 1 fully saturated rings. The van der Waals surface area contributed by atoms with Crippen LogP contribution in [0.1, 0.15) is 23.4 Å². The van der Waals surface area contributed by atoms with E-state index in [9.17, 15) is 9.59 Å². The zero-order chi connectivity index (χ0) is 18.8. The normalized spacial score (nSPS) is 18.9. The lowest BCUT2D eigenvalue weighted by atomic mass is 10.2. The molecule has 4 rings (SSSR count). The standard InChI is InChI=1S/C18H19ClN4O3S/c19-11-3-1-4-12(9-11)20-18(25)23-7-6-13-15(10-23)27-17(21-13)22-16(24)14-5-2-8-26-14/h1,3-4,9,14H,2,5-8,10H2,(H,20,25)(H,21,22,24). The van der Waals surface area contributed by atoms with E-state index in [4.69, 9.17) is 16.3 Å². The molecule has 1 atom stereocenters. The first-order chi connectivity index (χ1) is 13.1. The number of nitrogens with zero attached hydrogens (tertiary/aromatic N) is 2. The highest BCUT2D eigenvalue weighted by Crippen LogP contribution is 2.29. The van der Waals surface area contributed by atoms with E-state index in [0.29, 0.717) is 42.0 Å². The minimum absolute atomic E-state index is 0.144. The number of hydrogen-bond donors (Lipinski definition) is 2. The quantitative estimate of drug-likeness (QED) is 0.817. The number of benzene rings is 1. The van der Waals surface area contributed by atoms with Crippen molar-refractivity contribution in [2.24, 2.45) is 0 Å². The Bertz CT molecular complexity index is 866. The number of halogens is 1. The van der Waals surface area contributed by atoms with Gasteiger partial charge in [-0.1, -0.05) is 29.0 Å². The van der Waals surface area contributed by atoms with E-state index in [1.165, 1.54) is 11.3 Å². The topological polar surface area (TPSA) is 83.6 Å². The largest absolute Gasteiger partial charge is 0.368 e. The van der Waals surface area contributed by atoms with Crippen LogP contribution >= 0.6 is 22.9 Å². The molecule has 2 aromatic rings. The van der Waals surface area contributed by atoms with Crippen LogP contribution in [0.25, 0.3) is 0 Å². The number of carbonyl (C=O) groups is 2. The number of urea groups is 1. The first-order valence-corrected chi connectivity index (χ1v) is 10.0. The van der Waals surface area contributed by atoms with E-state index in [0.717, 1.165) is 23.4 Å². The van der Waals surface area contributed by atoms with Crippen LogP contribution in [0.4, 0.5) is 15.6 Å². The minimum atomic E-state index is -0.383. The Morgan fingerprint density at radius 3 is 3.00 bits per heavy atom. The molecule has 2 aliphatic heterocycles. The fraction of sp³-hybridized carbons (Fsp3) is 0.389. The van der Waals surface area contributed by atoms with Gasteiger partial charge in [-0.3, -0.25) is 10.1 Å². The van der Waals surface area contributed by atoms with Gasteiger partial charge in [-0.15, -0.1) is 0 Å². The second-order valence-corrected chi connectivity index (χ2v) is 8.01. The molecule has 1 aromatic heterocycles. The molecule has 3 amide bonds. The molecule has 0 saturated carbocycles. The molecule has 0 radical (unpaired) electrons. The Kier molecular flexibility index (Phi) is 5.29. The minimum Gasteiger partial charge on any atom is -0.368 e. The highest BCUT2D eigenvalue weighted by atomic mass is 35.5. The van der Waals surface area contributed by atoms with Crippen LogP contribution in [-0.4, -0.2) is 41.1 Å². The molecule has 1 unspecified atom stereocenters. The van der Waals surface area contributed by atoms with E-state index in [1.54, 1.807) is 29.2 Å². The Hall–Kier alpha value is -2.16. The van der Waals surface area contributed by atoms with Crippen molar-refractivity contribution in [3.63, 3.8) is 0 Å². The summed E-state index contributed by atoms with van der Waals surface area (Å²) in [5.74, 6) is -0.144. The van der Waals surface area contributed by atoms with Crippen molar-refractivity contribution in [2.75, 3.05) is 23.8 Å². The monoisotopic (exact) mass is 406 g/mol. The zero-order valence-electron chi connectivity index (χ0n) is 14.5. The lowest BCUT2D eigenvalue weighted by molar-refractivity contribution is -0.124. The molecule has 7 nitrogen and oxygen atoms in total. The van der Waals surface area contributed by atoms with Gasteiger partial charge >= 0.3 is 6.03 Å². The van der Waals surface area contributed by atoms with E-state index in [2.05, 4.69) is 15.6 Å². The first kappa shape index (κ1) is 18.2. The second kappa shape index (κ2) is 7.84. The van der Waals surface area contributed by atoms with Crippen LogP contribution in [-0.2, 0) is 22.5 Å². The summed E-state index contributed by atoms with van der Waals surface area (Å²) in [6.45, 7) is 1.67. The number of thiazole rings is 1. The molecule has 27 heavy (non-hydrogen) atoms. The molecule has 0 bridgehead atoms. The van der Waals surface area contributed by atoms with E-state index in [1.807, 2.05) is 0 Å². The van der Waals surface area contributed by atoms with Gasteiger partial charge in [0.1, 0.15) is 6.10 Å². The number of aromatic nitrogens is 1. The van der Waals surface area contributed by atoms with Gasteiger partial charge in [0, 0.05) is 35.2 Å². The second-order valence-electron chi connectivity index (χ2n) is 6.49. The van der Waals surface area contributed by atoms with Gasteiger partial charge < -0.3 is 15.0 Å². The first-order valence-electron chi connectivity index (χ1n) is 8.81. The van der Waals surface area contributed by atoms with Gasteiger partial charge in [-0.2, -0.15) is 0 Å². The lowest BCUT2D eigenvalue weighted by Gasteiger charge is -2.26. The molecule has 0 spiro atoms. The summed E-state index contributed by atoms with van der Waals surface area (Å²) >= 11 is 7.37. The summed E-state index contributed by atoms with van der Waals surface area (Å²) in [6, 6.07) is 6.87. The molecule has 2 aliphatic rings. The molecule has 0 aliphatic carbocycles. The number of nitrogens with one attached hydrogen (secondary N) is 2. The third kappa shape index (κ3) is 4.23. The molecular formula is C18H19ClN4O3S.